The number of hydrogen-bond donors (Lipinski definition) is 0. The van der Waals surface area contributed by atoms with Gasteiger partial charge in [0.25, 0.3) is 5.69 Å². The first-order chi connectivity index (χ1) is 8.99. The molecule has 6 nitrogen and oxygen atoms in total. The van der Waals surface area contributed by atoms with Gasteiger partial charge in [-0.15, -0.1) is 0 Å². The Bertz CT molecular complexity index is 667. The number of ether oxygens (including phenoxy) is 2. The van der Waals surface area contributed by atoms with Crippen molar-refractivity contribution in [2.24, 2.45) is 0 Å². The number of nitro benzene ring substituents is 1. The minimum Gasteiger partial charge on any atom is -0.493 e. The Balaban J connectivity index is 3.01. The van der Waals surface area contributed by atoms with Crippen LogP contribution in [0.15, 0.2) is 12.1 Å². The Morgan fingerprint density at radius 2 is 1.89 bits per heavy atom. The van der Waals surface area contributed by atoms with E-state index in [0.717, 1.165) is 11.3 Å². The summed E-state index contributed by atoms with van der Waals surface area (Å²) >= 11 is 0. The minimum absolute atomic E-state index is 0.0838. The van der Waals surface area contributed by atoms with Crippen LogP contribution in [0, 0.1) is 24.0 Å². The average molecular weight is 262 g/mol. The fourth-order valence-corrected chi connectivity index (χ4v) is 2.18. The van der Waals surface area contributed by atoms with Crippen LogP contribution in [0.4, 0.5) is 5.69 Å². The predicted molar refractivity (Wildman–Crippen MR) is 71.0 cm³/mol. The molecule has 0 aliphatic carbocycles. The van der Waals surface area contributed by atoms with Gasteiger partial charge in [0.2, 0.25) is 0 Å². The van der Waals surface area contributed by atoms with Crippen molar-refractivity contribution in [3.05, 3.63) is 33.5 Å². The van der Waals surface area contributed by atoms with E-state index >= 15 is 0 Å². The van der Waals surface area contributed by atoms with E-state index in [-0.39, 0.29) is 5.69 Å². The summed E-state index contributed by atoms with van der Waals surface area (Å²) in [6.45, 7) is 3.66. The van der Waals surface area contributed by atoms with Crippen LogP contribution in [0.2, 0.25) is 0 Å². The molecule has 0 saturated heterocycles. The number of fused-ring (bicyclic) bond motifs is 1. The number of nitrogens with zero attached hydrogens (tertiary/aromatic N) is 2. The van der Waals surface area contributed by atoms with Crippen LogP contribution in [0.3, 0.4) is 0 Å². The van der Waals surface area contributed by atoms with Gasteiger partial charge < -0.3 is 9.47 Å². The van der Waals surface area contributed by atoms with Crippen LogP contribution < -0.4 is 9.47 Å². The number of hydrogen-bond acceptors (Lipinski definition) is 5. The highest BCUT2D eigenvalue weighted by Gasteiger charge is 2.23. The monoisotopic (exact) mass is 262 g/mol. The number of aryl methyl sites for hydroxylation is 2. The number of aromatic nitrogens is 1. The molecule has 0 atom stereocenters. The Morgan fingerprint density at radius 1 is 1.21 bits per heavy atom. The van der Waals surface area contributed by atoms with Crippen LogP contribution in [-0.2, 0) is 0 Å². The van der Waals surface area contributed by atoms with Gasteiger partial charge in [-0.2, -0.15) is 0 Å². The fourth-order valence-electron chi connectivity index (χ4n) is 2.18. The zero-order chi connectivity index (χ0) is 14.2. The second kappa shape index (κ2) is 4.72. The lowest BCUT2D eigenvalue weighted by Crippen LogP contribution is -2.00. The number of non-ortho nitro benzene ring substituents is 1. The van der Waals surface area contributed by atoms with Crippen molar-refractivity contribution >= 4 is 16.6 Å². The summed E-state index contributed by atoms with van der Waals surface area (Å²) in [5, 5.41) is 11.8. The molecular weight excluding hydrogens is 248 g/mol. The quantitative estimate of drug-likeness (QED) is 0.628. The van der Waals surface area contributed by atoms with Gasteiger partial charge in [-0.1, -0.05) is 0 Å². The van der Waals surface area contributed by atoms with Crippen molar-refractivity contribution in [1.82, 2.24) is 4.98 Å². The van der Waals surface area contributed by atoms with E-state index in [1.807, 2.05) is 13.0 Å². The third kappa shape index (κ3) is 2.05. The van der Waals surface area contributed by atoms with Crippen LogP contribution in [0.5, 0.6) is 11.5 Å². The summed E-state index contributed by atoms with van der Waals surface area (Å²) in [6, 6.07) is 3.20. The first-order valence-electron chi connectivity index (χ1n) is 5.67. The Hall–Kier alpha value is -2.37. The third-order valence-corrected chi connectivity index (χ3v) is 2.93. The van der Waals surface area contributed by atoms with E-state index in [1.54, 1.807) is 6.92 Å². The largest absolute Gasteiger partial charge is 0.493 e. The predicted octanol–water partition coefficient (Wildman–Crippen LogP) is 2.78. The van der Waals surface area contributed by atoms with Gasteiger partial charge in [0.05, 0.1) is 30.6 Å². The standard InChI is InChI=1S/C13H14N2O4/c1-7-5-8(2)14-12-9(15(16)17)6-10(18-3)13(19-4)11(7)12/h5-6H,1-4H3. The molecule has 0 aliphatic heterocycles. The van der Waals surface area contributed by atoms with Crippen LogP contribution >= 0.6 is 0 Å². The van der Waals surface area contributed by atoms with Gasteiger partial charge in [0.15, 0.2) is 17.0 Å². The van der Waals surface area contributed by atoms with Gasteiger partial charge in [0.1, 0.15) is 0 Å². The average Bonchev–Trinajstić information content (AvgIpc) is 2.36. The van der Waals surface area contributed by atoms with Crippen molar-refractivity contribution in [2.75, 3.05) is 14.2 Å². The highest BCUT2D eigenvalue weighted by atomic mass is 16.6. The molecule has 2 aromatic rings. The van der Waals surface area contributed by atoms with Gasteiger partial charge >= 0.3 is 0 Å². The molecule has 1 aromatic carbocycles. The van der Waals surface area contributed by atoms with Gasteiger partial charge in [-0.3, -0.25) is 10.1 Å². The first-order valence-corrected chi connectivity index (χ1v) is 5.67. The Morgan fingerprint density at radius 3 is 2.42 bits per heavy atom. The highest BCUT2D eigenvalue weighted by molar-refractivity contribution is 5.97. The van der Waals surface area contributed by atoms with Crippen molar-refractivity contribution in [3.8, 4) is 11.5 Å². The second-order valence-corrected chi connectivity index (χ2v) is 4.19. The zero-order valence-corrected chi connectivity index (χ0v) is 11.2. The first kappa shape index (κ1) is 13.1. The molecule has 0 saturated carbocycles. The molecule has 1 aromatic heterocycles. The number of benzene rings is 1. The minimum atomic E-state index is -0.462. The zero-order valence-electron chi connectivity index (χ0n) is 11.2. The molecule has 6 heteroatoms. The SMILES string of the molecule is COc1cc([N+](=O)[O-])c2nc(C)cc(C)c2c1OC. The van der Waals surface area contributed by atoms with Crippen LogP contribution in [-0.4, -0.2) is 24.1 Å². The maximum atomic E-state index is 11.2. The summed E-state index contributed by atoms with van der Waals surface area (Å²) in [6.07, 6.45) is 0. The lowest BCUT2D eigenvalue weighted by molar-refractivity contribution is -0.383. The lowest BCUT2D eigenvalue weighted by Gasteiger charge is -2.13. The van der Waals surface area contributed by atoms with Crippen LogP contribution in [0.25, 0.3) is 10.9 Å². The highest BCUT2D eigenvalue weighted by Crippen LogP contribution is 2.41. The number of rotatable bonds is 3. The van der Waals surface area contributed by atoms with E-state index < -0.39 is 4.92 Å². The van der Waals surface area contributed by atoms with Crippen LogP contribution in [0.1, 0.15) is 11.3 Å². The maximum absolute atomic E-state index is 11.2. The molecule has 100 valence electrons. The van der Waals surface area contributed by atoms with Crippen molar-refractivity contribution in [3.63, 3.8) is 0 Å². The van der Waals surface area contributed by atoms with Crippen molar-refractivity contribution in [1.29, 1.82) is 0 Å². The molecule has 0 aliphatic rings. The van der Waals surface area contributed by atoms with E-state index in [2.05, 4.69) is 4.98 Å². The Kier molecular flexibility index (Phi) is 3.25. The summed E-state index contributed by atoms with van der Waals surface area (Å²) in [4.78, 5) is 15.0. The fraction of sp³-hybridized carbons (Fsp3) is 0.308. The molecule has 2 rings (SSSR count). The molecule has 0 amide bonds. The van der Waals surface area contributed by atoms with E-state index in [9.17, 15) is 10.1 Å². The van der Waals surface area contributed by atoms with E-state index in [1.165, 1.54) is 20.3 Å². The third-order valence-electron chi connectivity index (χ3n) is 2.93. The summed E-state index contributed by atoms with van der Waals surface area (Å²) in [7, 11) is 2.95. The number of pyridine rings is 1. The van der Waals surface area contributed by atoms with Gasteiger partial charge in [-0.05, 0) is 25.5 Å². The topological polar surface area (TPSA) is 74.5 Å². The Labute approximate surface area is 110 Å². The molecular formula is C13H14N2O4. The molecule has 1 heterocycles. The van der Waals surface area contributed by atoms with Gasteiger partial charge in [0, 0.05) is 5.69 Å². The molecule has 0 spiro atoms. The summed E-state index contributed by atoms with van der Waals surface area (Å²) in [5.41, 5.74) is 1.82. The van der Waals surface area contributed by atoms with Crippen molar-refractivity contribution < 1.29 is 14.4 Å². The normalized spacial score (nSPS) is 10.5. The van der Waals surface area contributed by atoms with E-state index in [0.29, 0.717) is 22.4 Å². The summed E-state index contributed by atoms with van der Waals surface area (Å²) in [5.74, 6) is 0.795. The molecule has 0 bridgehead atoms. The smallest absolute Gasteiger partial charge is 0.299 e. The molecule has 0 N–H and O–H groups in total. The van der Waals surface area contributed by atoms with Gasteiger partial charge in [-0.25, -0.2) is 4.98 Å². The lowest BCUT2D eigenvalue weighted by atomic mass is 10.1. The molecule has 19 heavy (non-hydrogen) atoms. The molecule has 0 radical (unpaired) electrons. The number of methoxy groups -OCH3 is 2. The number of nitro groups is 1. The summed E-state index contributed by atoms with van der Waals surface area (Å²) < 4.78 is 10.5. The van der Waals surface area contributed by atoms with Crippen molar-refractivity contribution in [2.45, 2.75) is 13.8 Å². The maximum Gasteiger partial charge on any atom is 0.299 e. The molecule has 0 fully saturated rings. The molecule has 0 unspecified atom stereocenters. The van der Waals surface area contributed by atoms with E-state index in [4.69, 9.17) is 9.47 Å². The second-order valence-electron chi connectivity index (χ2n) is 4.19.